The smallest absolute Gasteiger partial charge is 0.251 e. The van der Waals surface area contributed by atoms with Crippen molar-refractivity contribution in [3.63, 3.8) is 0 Å². The van der Waals surface area contributed by atoms with Crippen LogP contribution >= 0.6 is 0 Å². The number of carbonyl (C=O) groups is 3. The number of nitrogens with one attached hydrogen (secondary N) is 2. The number of benzene rings is 2. The van der Waals surface area contributed by atoms with Gasteiger partial charge in [-0.15, -0.1) is 0 Å². The fraction of sp³-hybridized carbons (Fsp3) is 0.717. The van der Waals surface area contributed by atoms with Gasteiger partial charge in [0.15, 0.2) is 5.78 Å². The summed E-state index contributed by atoms with van der Waals surface area (Å²) < 4.78 is 0. The lowest BCUT2D eigenvalue weighted by molar-refractivity contribution is -0.116. The minimum atomic E-state index is -0.195. The van der Waals surface area contributed by atoms with Crippen molar-refractivity contribution in [2.45, 2.75) is 211 Å². The van der Waals surface area contributed by atoms with Crippen molar-refractivity contribution in [2.24, 2.45) is 38.2 Å². The molecule has 2 aromatic carbocycles. The largest absolute Gasteiger partial charge is 0.355 e. The number of hydrogen-bond donors (Lipinski definition) is 3. The third-order valence-corrected chi connectivity index (χ3v) is 17.8. The van der Waals surface area contributed by atoms with Crippen molar-refractivity contribution in [3.8, 4) is 0 Å². The molecule has 0 aliphatic carbocycles. The van der Waals surface area contributed by atoms with E-state index in [9.17, 15) is 14.4 Å². The maximum atomic E-state index is 14.3. The summed E-state index contributed by atoms with van der Waals surface area (Å²) in [6.45, 7) is 32.6. The van der Waals surface area contributed by atoms with E-state index in [1.165, 1.54) is 0 Å². The number of nitrogens with two attached hydrogens (primary N) is 1. The van der Waals surface area contributed by atoms with Crippen LogP contribution in [0, 0.1) is 32.5 Å². The molecule has 0 aromatic heterocycles. The van der Waals surface area contributed by atoms with Gasteiger partial charge in [0, 0.05) is 34.8 Å². The van der Waals surface area contributed by atoms with Gasteiger partial charge in [0.2, 0.25) is 6.41 Å². The second kappa shape index (κ2) is 22.7. The van der Waals surface area contributed by atoms with Crippen molar-refractivity contribution < 1.29 is 14.4 Å². The Labute approximate surface area is 362 Å². The lowest BCUT2D eigenvalue weighted by Crippen LogP contribution is -2.61. The van der Waals surface area contributed by atoms with Crippen molar-refractivity contribution in [1.82, 2.24) is 10.6 Å². The van der Waals surface area contributed by atoms with Crippen LogP contribution in [-0.4, -0.2) is 36.2 Å². The van der Waals surface area contributed by atoms with Gasteiger partial charge in [0.1, 0.15) is 0 Å². The van der Waals surface area contributed by atoms with E-state index >= 15 is 0 Å². The molecule has 0 heterocycles. The van der Waals surface area contributed by atoms with Crippen LogP contribution in [0.3, 0.4) is 0 Å². The molecule has 6 heteroatoms. The highest BCUT2D eigenvalue weighted by Gasteiger charge is 2.58. The Morgan fingerprint density at radius 1 is 0.542 bits per heavy atom. The van der Waals surface area contributed by atoms with E-state index in [0.29, 0.717) is 16.7 Å². The van der Waals surface area contributed by atoms with Gasteiger partial charge in [-0.2, -0.15) is 0 Å². The van der Waals surface area contributed by atoms with Gasteiger partial charge in [-0.3, -0.25) is 14.4 Å². The Morgan fingerprint density at radius 3 is 1.39 bits per heavy atom. The van der Waals surface area contributed by atoms with Crippen LogP contribution in [0.4, 0.5) is 0 Å². The Kier molecular flexibility index (Phi) is 20.1. The van der Waals surface area contributed by atoms with Crippen molar-refractivity contribution >= 4 is 18.1 Å². The Bertz CT molecular complexity index is 1540. The molecular weight excluding hydrogens is 727 g/mol. The van der Waals surface area contributed by atoms with Crippen molar-refractivity contribution in [2.75, 3.05) is 0 Å². The van der Waals surface area contributed by atoms with Gasteiger partial charge < -0.3 is 16.4 Å². The molecule has 0 radical (unpaired) electrons. The van der Waals surface area contributed by atoms with E-state index < -0.39 is 0 Å². The Hall–Kier alpha value is -2.99. The second-order valence-electron chi connectivity index (χ2n) is 18.9. The van der Waals surface area contributed by atoms with Crippen molar-refractivity contribution in [1.29, 1.82) is 0 Å². The van der Waals surface area contributed by atoms with Crippen LogP contribution < -0.4 is 16.4 Å². The summed E-state index contributed by atoms with van der Waals surface area (Å²) in [5, 5.41) is 7.05. The number of rotatable bonds is 29. The molecule has 0 saturated carbocycles. The van der Waals surface area contributed by atoms with Crippen LogP contribution in [0.25, 0.3) is 0 Å². The fourth-order valence-electron chi connectivity index (χ4n) is 12.2. The summed E-state index contributed by atoms with van der Waals surface area (Å²) in [6.07, 6.45) is 15.4. The van der Waals surface area contributed by atoms with Crippen molar-refractivity contribution in [3.05, 3.63) is 71.3 Å². The standard InChI is InChI=1S/C53H89N3O3/c1-15-48(13,16-2)37-45(55-39-57)53(25-11,26-12)50(19-5,20-6)36-43(54)52(23-9,24-10)51(21-7,22-8)38-44(49(14,17-3)18-4)56-47(59)42-34-32-41(33-35-42)46(58)40-30-28-27-29-31-40/h27-35,39,43-45H,15-26,36-38,54H2,1-14H3,(H,55,57)(H,56,59). The first-order valence-corrected chi connectivity index (χ1v) is 24.0. The molecule has 6 nitrogen and oxygen atoms in total. The van der Waals surface area contributed by atoms with Gasteiger partial charge in [-0.05, 0) is 128 Å². The minimum Gasteiger partial charge on any atom is -0.355 e. The second-order valence-corrected chi connectivity index (χ2v) is 18.9. The topological polar surface area (TPSA) is 101 Å². The van der Waals surface area contributed by atoms with Gasteiger partial charge in [0.05, 0.1) is 0 Å². The molecule has 3 unspecified atom stereocenters. The molecule has 59 heavy (non-hydrogen) atoms. The summed E-state index contributed by atoms with van der Waals surface area (Å²) in [5.74, 6) is -0.152. The van der Waals surface area contributed by atoms with Crippen LogP contribution in [0.2, 0.25) is 0 Å². The Balaban J connectivity index is 2.72. The summed E-state index contributed by atoms with van der Waals surface area (Å²) in [5.41, 5.74) is 9.12. The molecule has 0 bridgehead atoms. The van der Waals surface area contributed by atoms with Gasteiger partial charge in [0.25, 0.3) is 5.91 Å². The predicted octanol–water partition coefficient (Wildman–Crippen LogP) is 13.5. The van der Waals surface area contributed by atoms with Crippen LogP contribution in [-0.2, 0) is 4.79 Å². The zero-order chi connectivity index (χ0) is 44.7. The molecular formula is C53H89N3O3. The highest BCUT2D eigenvalue weighted by atomic mass is 16.2. The molecule has 3 atom stereocenters. The highest BCUT2D eigenvalue weighted by molar-refractivity contribution is 6.09. The maximum Gasteiger partial charge on any atom is 0.251 e. The molecule has 0 aliphatic rings. The van der Waals surface area contributed by atoms with E-state index in [4.69, 9.17) is 5.73 Å². The van der Waals surface area contributed by atoms with Crippen LogP contribution in [0.15, 0.2) is 54.6 Å². The molecule has 0 aliphatic heterocycles. The van der Waals surface area contributed by atoms with Crippen LogP contribution in [0.5, 0.6) is 0 Å². The average molecular weight is 816 g/mol. The monoisotopic (exact) mass is 816 g/mol. The SMILES string of the molecule is CCC(C)(CC)CC(NC=O)C(CC)(CC)C(CC)(CC)CC(N)C(CC)(CC)C(CC)(CC)CC(NC(=O)c1ccc(C(=O)c2ccccc2)cc1)C(C)(CC)CC. The van der Waals surface area contributed by atoms with E-state index in [1.54, 1.807) is 24.3 Å². The molecule has 2 aromatic rings. The molecule has 2 rings (SSSR count). The zero-order valence-corrected chi connectivity index (χ0v) is 40.4. The molecule has 0 saturated heterocycles. The third-order valence-electron chi connectivity index (χ3n) is 17.8. The average Bonchev–Trinajstić information content (AvgIpc) is 3.28. The predicted molar refractivity (Wildman–Crippen MR) is 252 cm³/mol. The fourth-order valence-corrected chi connectivity index (χ4v) is 12.2. The normalized spacial score (nSPS) is 14.7. The van der Waals surface area contributed by atoms with Gasteiger partial charge in [-0.25, -0.2) is 0 Å². The lowest BCUT2D eigenvalue weighted by Gasteiger charge is -2.61. The first-order chi connectivity index (χ1) is 28.0. The quantitative estimate of drug-likeness (QED) is 0.0562. The Morgan fingerprint density at radius 2 is 0.983 bits per heavy atom. The third kappa shape index (κ3) is 10.6. The molecule has 0 spiro atoms. The number of hydrogen-bond acceptors (Lipinski definition) is 4. The molecule has 334 valence electrons. The summed E-state index contributed by atoms with van der Waals surface area (Å²) >= 11 is 0. The molecule has 0 fully saturated rings. The van der Waals surface area contributed by atoms with Gasteiger partial charge >= 0.3 is 0 Å². The number of amides is 2. The zero-order valence-electron chi connectivity index (χ0n) is 40.4. The van der Waals surface area contributed by atoms with Crippen LogP contribution in [0.1, 0.15) is 220 Å². The maximum absolute atomic E-state index is 14.3. The summed E-state index contributed by atoms with van der Waals surface area (Å²) in [6, 6.07) is 16.3. The van der Waals surface area contributed by atoms with E-state index in [2.05, 4.69) is 108 Å². The first kappa shape index (κ1) is 52.1. The van der Waals surface area contributed by atoms with E-state index in [1.807, 2.05) is 30.3 Å². The minimum absolute atomic E-state index is 0.0479. The molecule has 4 N–H and O–H groups in total. The highest BCUT2D eigenvalue weighted by Crippen LogP contribution is 2.62. The summed E-state index contributed by atoms with van der Waals surface area (Å²) in [4.78, 5) is 40.0. The lowest BCUT2D eigenvalue weighted by atomic mass is 9.46. The number of ketones is 1. The van der Waals surface area contributed by atoms with E-state index in [-0.39, 0.29) is 62.3 Å². The van der Waals surface area contributed by atoms with E-state index in [0.717, 1.165) is 103 Å². The van der Waals surface area contributed by atoms with Gasteiger partial charge in [-0.1, -0.05) is 152 Å². The molecule has 2 amide bonds. The summed E-state index contributed by atoms with van der Waals surface area (Å²) in [7, 11) is 0. The number of carbonyl (C=O) groups excluding carboxylic acids is 3. The first-order valence-electron chi connectivity index (χ1n) is 24.0.